The highest BCUT2D eigenvalue weighted by Gasteiger charge is 2.54. The second-order valence-corrected chi connectivity index (χ2v) is 14.4. The summed E-state index contributed by atoms with van der Waals surface area (Å²) in [5.41, 5.74) is 0. The standard InChI is InChI=1S/C20H40O5Si/c1-10-20(11-2)24-16-14(4)13(3)15(23-18(21)17(16)25-20)12-22-26(8,9)19(5,6)7/h13-18,21H,10-12H2,1-9H3/t13-,14-,15+,16+,17+,18?/m0/s1. The molecule has 154 valence electrons. The van der Waals surface area contributed by atoms with E-state index in [0.717, 1.165) is 12.8 Å². The van der Waals surface area contributed by atoms with Gasteiger partial charge in [0.25, 0.3) is 0 Å². The number of aliphatic hydroxyl groups is 1. The van der Waals surface area contributed by atoms with E-state index < -0.39 is 26.5 Å². The molecule has 26 heavy (non-hydrogen) atoms. The number of fused-ring (bicyclic) bond motifs is 1. The van der Waals surface area contributed by atoms with Gasteiger partial charge in [-0.25, -0.2) is 0 Å². The van der Waals surface area contributed by atoms with E-state index in [1.54, 1.807) is 0 Å². The first-order valence-electron chi connectivity index (χ1n) is 10.2. The van der Waals surface area contributed by atoms with Gasteiger partial charge in [-0.2, -0.15) is 0 Å². The average Bonchev–Trinajstić information content (AvgIpc) is 2.93. The second-order valence-electron chi connectivity index (χ2n) is 9.64. The smallest absolute Gasteiger partial charge is 0.192 e. The molecule has 2 fully saturated rings. The number of rotatable bonds is 5. The van der Waals surface area contributed by atoms with Gasteiger partial charge in [0.2, 0.25) is 0 Å². The molecule has 6 heteroatoms. The number of aliphatic hydroxyl groups excluding tert-OH is 1. The van der Waals surface area contributed by atoms with Crippen LogP contribution in [-0.4, -0.2) is 50.4 Å². The van der Waals surface area contributed by atoms with Gasteiger partial charge in [0.15, 0.2) is 20.4 Å². The first kappa shape index (κ1) is 22.3. The summed E-state index contributed by atoms with van der Waals surface area (Å²) in [4.78, 5) is 0. The molecule has 0 aliphatic carbocycles. The third-order valence-electron chi connectivity index (χ3n) is 7.05. The largest absolute Gasteiger partial charge is 0.414 e. The molecular weight excluding hydrogens is 348 g/mol. The lowest BCUT2D eigenvalue weighted by molar-refractivity contribution is -0.236. The SMILES string of the molecule is CCC1(CC)O[C@@H]2[C@@H](C)[C@H](C)[C@@H](CO[Si](C)(C)C(C)(C)C)OC(O)[C@@H]2O1. The van der Waals surface area contributed by atoms with Crippen LogP contribution in [0.2, 0.25) is 18.1 Å². The van der Waals surface area contributed by atoms with Gasteiger partial charge in [0, 0.05) is 0 Å². The lowest BCUT2D eigenvalue weighted by Crippen LogP contribution is -2.45. The predicted molar refractivity (Wildman–Crippen MR) is 105 cm³/mol. The van der Waals surface area contributed by atoms with Crippen LogP contribution in [0.4, 0.5) is 0 Å². The first-order chi connectivity index (χ1) is 11.9. The maximum absolute atomic E-state index is 10.7. The van der Waals surface area contributed by atoms with Gasteiger partial charge < -0.3 is 23.7 Å². The molecule has 0 bridgehead atoms. The molecule has 2 heterocycles. The molecule has 0 saturated carbocycles. The lowest BCUT2D eigenvalue weighted by atomic mass is 9.85. The number of hydrogen-bond donors (Lipinski definition) is 1. The van der Waals surface area contributed by atoms with E-state index >= 15 is 0 Å². The van der Waals surface area contributed by atoms with Crippen molar-refractivity contribution in [2.24, 2.45) is 11.8 Å². The van der Waals surface area contributed by atoms with Gasteiger partial charge in [-0.3, -0.25) is 0 Å². The van der Waals surface area contributed by atoms with Gasteiger partial charge in [0.05, 0.1) is 18.8 Å². The zero-order valence-electron chi connectivity index (χ0n) is 18.2. The van der Waals surface area contributed by atoms with E-state index in [1.807, 2.05) is 0 Å². The molecule has 2 aliphatic rings. The van der Waals surface area contributed by atoms with Gasteiger partial charge in [0.1, 0.15) is 6.10 Å². The van der Waals surface area contributed by atoms with Crippen molar-refractivity contribution >= 4 is 8.32 Å². The molecule has 0 aromatic rings. The zero-order chi connectivity index (χ0) is 19.9. The highest BCUT2D eigenvalue weighted by molar-refractivity contribution is 6.74. The van der Waals surface area contributed by atoms with Crippen molar-refractivity contribution < 1.29 is 23.7 Å². The normalized spacial score (nSPS) is 38.1. The quantitative estimate of drug-likeness (QED) is 0.712. The Morgan fingerprint density at radius 2 is 1.54 bits per heavy atom. The number of ether oxygens (including phenoxy) is 3. The van der Waals surface area contributed by atoms with Gasteiger partial charge in [-0.15, -0.1) is 0 Å². The van der Waals surface area contributed by atoms with Crippen molar-refractivity contribution in [3.05, 3.63) is 0 Å². The summed E-state index contributed by atoms with van der Waals surface area (Å²) in [6.07, 6.45) is -0.210. The van der Waals surface area contributed by atoms with E-state index in [9.17, 15) is 5.11 Å². The summed E-state index contributed by atoms with van der Waals surface area (Å²) in [7, 11) is -1.87. The van der Waals surface area contributed by atoms with E-state index in [4.69, 9.17) is 18.6 Å². The minimum atomic E-state index is -1.87. The van der Waals surface area contributed by atoms with Gasteiger partial charge in [-0.05, 0) is 42.8 Å². The Bertz CT molecular complexity index is 471. The topological polar surface area (TPSA) is 57.2 Å². The monoisotopic (exact) mass is 388 g/mol. The summed E-state index contributed by atoms with van der Waals surface area (Å²) in [6, 6.07) is 0. The second kappa shape index (κ2) is 7.80. The van der Waals surface area contributed by atoms with Crippen LogP contribution in [0.5, 0.6) is 0 Å². The Kier molecular flexibility index (Phi) is 6.69. The molecule has 1 N–H and O–H groups in total. The summed E-state index contributed by atoms with van der Waals surface area (Å²) in [5, 5.41) is 10.9. The van der Waals surface area contributed by atoms with Crippen molar-refractivity contribution in [1.82, 2.24) is 0 Å². The highest BCUT2D eigenvalue weighted by Crippen LogP contribution is 2.44. The first-order valence-corrected chi connectivity index (χ1v) is 13.1. The van der Waals surface area contributed by atoms with Crippen LogP contribution in [0.15, 0.2) is 0 Å². The Morgan fingerprint density at radius 3 is 2.04 bits per heavy atom. The van der Waals surface area contributed by atoms with E-state index in [1.165, 1.54) is 0 Å². The van der Waals surface area contributed by atoms with E-state index in [2.05, 4.69) is 61.6 Å². The third-order valence-corrected chi connectivity index (χ3v) is 11.5. The van der Waals surface area contributed by atoms with Crippen molar-refractivity contribution in [3.8, 4) is 0 Å². The van der Waals surface area contributed by atoms with Crippen LogP contribution in [-0.2, 0) is 18.6 Å². The molecular formula is C20H40O5Si. The van der Waals surface area contributed by atoms with Crippen molar-refractivity contribution in [3.63, 3.8) is 0 Å². The summed E-state index contributed by atoms with van der Waals surface area (Å²) >= 11 is 0. The van der Waals surface area contributed by atoms with Crippen LogP contribution in [0.1, 0.15) is 61.3 Å². The van der Waals surface area contributed by atoms with Crippen LogP contribution in [0, 0.1) is 11.8 Å². The van der Waals surface area contributed by atoms with Crippen LogP contribution in [0.25, 0.3) is 0 Å². The Balaban J connectivity index is 2.12. The molecule has 6 atom stereocenters. The van der Waals surface area contributed by atoms with E-state index in [0.29, 0.717) is 6.61 Å². The fourth-order valence-electron chi connectivity index (χ4n) is 3.58. The maximum atomic E-state index is 10.7. The predicted octanol–water partition coefficient (Wildman–Crippen LogP) is 4.30. The van der Waals surface area contributed by atoms with Gasteiger partial charge in [-0.1, -0.05) is 48.5 Å². The average molecular weight is 389 g/mol. The van der Waals surface area contributed by atoms with Crippen LogP contribution >= 0.6 is 0 Å². The molecule has 2 rings (SSSR count). The molecule has 5 nitrogen and oxygen atoms in total. The molecule has 0 spiro atoms. The Hall–Kier alpha value is 0.0169. The summed E-state index contributed by atoms with van der Waals surface area (Å²) in [6.45, 7) is 20.1. The summed E-state index contributed by atoms with van der Waals surface area (Å²) in [5.74, 6) is -0.180. The zero-order valence-corrected chi connectivity index (χ0v) is 19.2. The molecule has 1 unspecified atom stereocenters. The Morgan fingerprint density at radius 1 is 1.00 bits per heavy atom. The fraction of sp³-hybridized carbons (Fsp3) is 1.00. The van der Waals surface area contributed by atoms with Crippen molar-refractivity contribution in [2.45, 2.75) is 110 Å². The molecule has 0 amide bonds. The van der Waals surface area contributed by atoms with Crippen LogP contribution in [0.3, 0.4) is 0 Å². The lowest BCUT2D eigenvalue weighted by Gasteiger charge is -2.38. The molecule has 2 saturated heterocycles. The van der Waals surface area contributed by atoms with Crippen LogP contribution < -0.4 is 0 Å². The summed E-state index contributed by atoms with van der Waals surface area (Å²) < 4.78 is 24.9. The Labute approximate surface area is 160 Å². The molecule has 2 aliphatic heterocycles. The fourth-order valence-corrected chi connectivity index (χ4v) is 4.60. The maximum Gasteiger partial charge on any atom is 0.192 e. The van der Waals surface area contributed by atoms with Gasteiger partial charge >= 0.3 is 0 Å². The van der Waals surface area contributed by atoms with E-state index in [-0.39, 0.29) is 29.1 Å². The minimum Gasteiger partial charge on any atom is -0.414 e. The third kappa shape index (κ3) is 4.20. The van der Waals surface area contributed by atoms with Crippen molar-refractivity contribution in [2.75, 3.05) is 6.61 Å². The van der Waals surface area contributed by atoms with Crippen molar-refractivity contribution in [1.29, 1.82) is 0 Å². The number of hydrogen-bond acceptors (Lipinski definition) is 5. The molecule has 0 aromatic carbocycles. The molecule has 0 aromatic heterocycles. The highest BCUT2D eigenvalue weighted by atomic mass is 28.4. The molecule has 0 radical (unpaired) electrons. The minimum absolute atomic E-state index is 0.149.